The quantitative estimate of drug-likeness (QED) is 0.850. The van der Waals surface area contributed by atoms with Crippen LogP contribution in [0.5, 0.6) is 0 Å². The van der Waals surface area contributed by atoms with Crippen molar-refractivity contribution >= 4 is 0 Å². The van der Waals surface area contributed by atoms with Crippen molar-refractivity contribution in [1.29, 1.82) is 0 Å². The molecule has 0 unspecified atom stereocenters. The molecule has 4 nitrogen and oxygen atoms in total. The number of nitrogens with zero attached hydrogens (tertiary/aromatic N) is 3. The maximum atomic E-state index is 5.28. The molecule has 0 aliphatic carbocycles. The molecule has 0 amide bonds. The Hall–Kier alpha value is -1.65. The molecule has 1 aliphatic heterocycles. The van der Waals surface area contributed by atoms with Crippen molar-refractivity contribution in [3.63, 3.8) is 0 Å². The normalized spacial score (nSPS) is 19.0. The number of hydrogen-bond acceptors (Lipinski definition) is 3. The minimum atomic E-state index is 0.684. The Morgan fingerprint density at radius 1 is 1.27 bits per heavy atom. The first kappa shape index (κ1) is 15.3. The summed E-state index contributed by atoms with van der Waals surface area (Å²) in [7, 11) is 1.79. The van der Waals surface area contributed by atoms with E-state index in [1.807, 2.05) is 11.6 Å². The Morgan fingerprint density at radius 2 is 2.14 bits per heavy atom. The Labute approximate surface area is 132 Å². The van der Waals surface area contributed by atoms with Gasteiger partial charge in [-0.25, -0.2) is 4.68 Å². The predicted molar refractivity (Wildman–Crippen MR) is 88.3 cm³/mol. The van der Waals surface area contributed by atoms with Crippen molar-refractivity contribution in [3.8, 4) is 5.69 Å². The molecule has 2 aromatic rings. The van der Waals surface area contributed by atoms with E-state index < -0.39 is 0 Å². The Morgan fingerprint density at radius 3 is 2.86 bits per heavy atom. The average molecular weight is 299 g/mol. The molecule has 0 spiro atoms. The zero-order valence-electron chi connectivity index (χ0n) is 13.7. The lowest BCUT2D eigenvalue weighted by atomic mass is 10.1. The summed E-state index contributed by atoms with van der Waals surface area (Å²) in [5.41, 5.74) is 4.74. The third-order valence-corrected chi connectivity index (χ3v) is 4.34. The fourth-order valence-electron chi connectivity index (χ4n) is 3.36. The van der Waals surface area contributed by atoms with Crippen LogP contribution in [0.25, 0.3) is 5.69 Å². The molecule has 1 saturated heterocycles. The Kier molecular flexibility index (Phi) is 4.60. The lowest BCUT2D eigenvalue weighted by Gasteiger charge is -2.16. The van der Waals surface area contributed by atoms with Crippen LogP contribution in [0.3, 0.4) is 0 Å². The van der Waals surface area contributed by atoms with E-state index in [-0.39, 0.29) is 0 Å². The summed E-state index contributed by atoms with van der Waals surface area (Å²) in [5, 5.41) is 4.58. The van der Waals surface area contributed by atoms with Gasteiger partial charge < -0.3 is 4.74 Å². The van der Waals surface area contributed by atoms with Crippen LogP contribution in [0.1, 0.15) is 23.4 Å². The zero-order valence-corrected chi connectivity index (χ0v) is 13.7. The van der Waals surface area contributed by atoms with Gasteiger partial charge in [0.2, 0.25) is 0 Å². The van der Waals surface area contributed by atoms with Crippen LogP contribution in [-0.2, 0) is 11.3 Å². The lowest BCUT2D eigenvalue weighted by Crippen LogP contribution is -2.21. The van der Waals surface area contributed by atoms with Gasteiger partial charge in [0, 0.05) is 25.9 Å². The minimum Gasteiger partial charge on any atom is -0.384 e. The summed E-state index contributed by atoms with van der Waals surface area (Å²) in [5.74, 6) is 0.684. The highest BCUT2D eigenvalue weighted by molar-refractivity contribution is 5.37. The van der Waals surface area contributed by atoms with Gasteiger partial charge in [-0.05, 0) is 56.5 Å². The van der Waals surface area contributed by atoms with Crippen molar-refractivity contribution in [3.05, 3.63) is 47.3 Å². The van der Waals surface area contributed by atoms with Gasteiger partial charge in [0.1, 0.15) is 0 Å². The standard InChI is InChI=1S/C18H25N3O/c1-14-9-15(2)21(19-14)18-6-4-5-16(10-18)11-20-8-7-17(12-20)13-22-3/h4-6,9-10,17H,7-8,11-13H2,1-3H3/t17-/m1/s1. The molecule has 1 aromatic carbocycles. The third-order valence-electron chi connectivity index (χ3n) is 4.34. The SMILES string of the molecule is COC[C@@H]1CCN(Cc2cccc(-n3nc(C)cc3C)c2)C1. The zero-order chi connectivity index (χ0) is 15.5. The third kappa shape index (κ3) is 3.39. The van der Waals surface area contributed by atoms with Crippen LogP contribution in [0.4, 0.5) is 0 Å². The van der Waals surface area contributed by atoms with E-state index in [2.05, 4.69) is 47.3 Å². The monoisotopic (exact) mass is 299 g/mol. The molecule has 2 heterocycles. The first-order valence-corrected chi connectivity index (χ1v) is 7.99. The van der Waals surface area contributed by atoms with Gasteiger partial charge in [0.15, 0.2) is 0 Å². The number of benzene rings is 1. The highest BCUT2D eigenvalue weighted by Crippen LogP contribution is 2.20. The van der Waals surface area contributed by atoms with Gasteiger partial charge in [-0.1, -0.05) is 12.1 Å². The van der Waals surface area contributed by atoms with E-state index in [0.717, 1.165) is 37.6 Å². The predicted octanol–water partition coefficient (Wildman–Crippen LogP) is 2.96. The molecule has 1 fully saturated rings. The van der Waals surface area contributed by atoms with E-state index in [4.69, 9.17) is 4.74 Å². The van der Waals surface area contributed by atoms with Gasteiger partial charge in [-0.2, -0.15) is 5.10 Å². The van der Waals surface area contributed by atoms with Crippen LogP contribution in [-0.4, -0.2) is 41.5 Å². The van der Waals surface area contributed by atoms with E-state index in [1.54, 1.807) is 7.11 Å². The van der Waals surface area contributed by atoms with Crippen molar-refractivity contribution in [2.75, 3.05) is 26.8 Å². The van der Waals surface area contributed by atoms with Crippen molar-refractivity contribution in [2.45, 2.75) is 26.8 Å². The maximum absolute atomic E-state index is 5.28. The van der Waals surface area contributed by atoms with Crippen LogP contribution in [0, 0.1) is 19.8 Å². The van der Waals surface area contributed by atoms with Crippen LogP contribution in [0.15, 0.2) is 30.3 Å². The molecule has 1 atom stereocenters. The summed E-state index contributed by atoms with van der Waals surface area (Å²) in [4.78, 5) is 2.52. The highest BCUT2D eigenvalue weighted by Gasteiger charge is 2.22. The van der Waals surface area contributed by atoms with E-state index in [1.165, 1.54) is 17.7 Å². The fourth-order valence-corrected chi connectivity index (χ4v) is 3.36. The number of likely N-dealkylation sites (tertiary alicyclic amines) is 1. The minimum absolute atomic E-state index is 0.684. The molecule has 3 rings (SSSR count). The molecule has 1 aromatic heterocycles. The molecule has 118 valence electrons. The molecule has 4 heteroatoms. The van der Waals surface area contributed by atoms with Crippen molar-refractivity contribution in [1.82, 2.24) is 14.7 Å². The van der Waals surface area contributed by atoms with Crippen molar-refractivity contribution < 1.29 is 4.74 Å². The molecule has 0 N–H and O–H groups in total. The number of aryl methyl sites for hydroxylation is 2. The van der Waals surface area contributed by atoms with Gasteiger partial charge in [0.05, 0.1) is 18.0 Å². The van der Waals surface area contributed by atoms with Crippen LogP contribution >= 0.6 is 0 Å². The highest BCUT2D eigenvalue weighted by atomic mass is 16.5. The van der Waals surface area contributed by atoms with Gasteiger partial charge in [0.25, 0.3) is 0 Å². The molecule has 1 aliphatic rings. The molecular formula is C18H25N3O. The second kappa shape index (κ2) is 6.63. The molecule has 0 radical (unpaired) electrons. The van der Waals surface area contributed by atoms with Gasteiger partial charge in [-0.3, -0.25) is 4.90 Å². The van der Waals surface area contributed by atoms with E-state index >= 15 is 0 Å². The smallest absolute Gasteiger partial charge is 0.0651 e. The topological polar surface area (TPSA) is 30.3 Å². The summed E-state index contributed by atoms with van der Waals surface area (Å²) in [6.07, 6.45) is 1.24. The van der Waals surface area contributed by atoms with Crippen LogP contribution < -0.4 is 0 Å². The first-order chi connectivity index (χ1) is 10.7. The maximum Gasteiger partial charge on any atom is 0.0651 e. The summed E-state index contributed by atoms with van der Waals surface area (Å²) < 4.78 is 7.30. The lowest BCUT2D eigenvalue weighted by molar-refractivity contribution is 0.152. The van der Waals surface area contributed by atoms with E-state index in [9.17, 15) is 0 Å². The summed E-state index contributed by atoms with van der Waals surface area (Å²) in [6, 6.07) is 10.8. The second-order valence-electron chi connectivity index (χ2n) is 6.35. The van der Waals surface area contributed by atoms with Gasteiger partial charge in [-0.15, -0.1) is 0 Å². The van der Waals surface area contributed by atoms with E-state index in [0.29, 0.717) is 5.92 Å². The number of methoxy groups -OCH3 is 1. The molecular weight excluding hydrogens is 274 g/mol. The number of ether oxygens (including phenoxy) is 1. The Balaban J connectivity index is 1.71. The second-order valence-corrected chi connectivity index (χ2v) is 6.35. The molecule has 0 saturated carbocycles. The Bertz CT molecular complexity index is 635. The molecule has 0 bridgehead atoms. The van der Waals surface area contributed by atoms with Crippen LogP contribution in [0.2, 0.25) is 0 Å². The van der Waals surface area contributed by atoms with Gasteiger partial charge >= 0.3 is 0 Å². The summed E-state index contributed by atoms with van der Waals surface area (Å²) >= 11 is 0. The first-order valence-electron chi connectivity index (χ1n) is 7.99. The van der Waals surface area contributed by atoms with Crippen molar-refractivity contribution in [2.24, 2.45) is 5.92 Å². The molecule has 22 heavy (non-hydrogen) atoms. The summed E-state index contributed by atoms with van der Waals surface area (Å²) in [6.45, 7) is 8.32. The number of aromatic nitrogens is 2. The average Bonchev–Trinajstić information content (AvgIpc) is 3.06. The largest absolute Gasteiger partial charge is 0.384 e. The fraction of sp³-hybridized carbons (Fsp3) is 0.500. The number of rotatable bonds is 5. The number of hydrogen-bond donors (Lipinski definition) is 0.